The van der Waals surface area contributed by atoms with Gasteiger partial charge in [0.1, 0.15) is 0 Å². The monoisotopic (exact) mass is 300 g/mol. The van der Waals surface area contributed by atoms with Crippen molar-refractivity contribution in [2.24, 2.45) is 0 Å². The molecule has 0 unspecified atom stereocenters. The Balaban J connectivity index is 1.99. The minimum Gasteiger partial charge on any atom is -0.278 e. The summed E-state index contributed by atoms with van der Waals surface area (Å²) < 4.78 is 4.43. The fourth-order valence-corrected chi connectivity index (χ4v) is 3.43. The highest BCUT2D eigenvalue weighted by Gasteiger charge is 2.21. The van der Waals surface area contributed by atoms with Crippen LogP contribution in [0.5, 0.6) is 0 Å². The van der Waals surface area contributed by atoms with E-state index in [1.54, 1.807) is 0 Å². The molecule has 1 aromatic carbocycles. The first-order valence-electron chi connectivity index (χ1n) is 7.94. The van der Waals surface area contributed by atoms with E-state index in [0.29, 0.717) is 0 Å². The summed E-state index contributed by atoms with van der Waals surface area (Å²) in [6, 6.07) is 14.6. The van der Waals surface area contributed by atoms with E-state index in [2.05, 4.69) is 57.5 Å². The van der Waals surface area contributed by atoms with Crippen LogP contribution < -0.4 is 0 Å². The predicted molar refractivity (Wildman–Crippen MR) is 91.9 cm³/mol. The second-order valence-electron chi connectivity index (χ2n) is 5.99. The number of imidazole rings is 2. The second kappa shape index (κ2) is 4.56. The first-order chi connectivity index (χ1) is 11.3. The number of hydrogen-bond acceptors (Lipinski definition) is 2. The van der Waals surface area contributed by atoms with Crippen molar-refractivity contribution in [2.45, 2.75) is 19.8 Å². The lowest BCUT2D eigenvalue weighted by Crippen LogP contribution is -1.97. The molecule has 5 rings (SSSR count). The average molecular weight is 300 g/mol. The molecule has 0 radical (unpaired) electrons. The Morgan fingerprint density at radius 1 is 1.00 bits per heavy atom. The highest BCUT2D eigenvalue weighted by molar-refractivity contribution is 5.82. The molecule has 0 amide bonds. The summed E-state index contributed by atoms with van der Waals surface area (Å²) in [6.45, 7) is 2.03. The summed E-state index contributed by atoms with van der Waals surface area (Å²) >= 11 is 0. The van der Waals surface area contributed by atoms with Gasteiger partial charge in [0.15, 0.2) is 5.65 Å². The molecular formula is C19H16N4. The van der Waals surface area contributed by atoms with Crippen LogP contribution in [0.15, 0.2) is 48.5 Å². The number of aromatic nitrogens is 4. The van der Waals surface area contributed by atoms with Crippen molar-refractivity contribution in [3.05, 3.63) is 65.6 Å². The van der Waals surface area contributed by atoms with E-state index in [1.165, 1.54) is 5.69 Å². The lowest BCUT2D eigenvalue weighted by atomic mass is 10.1. The topological polar surface area (TPSA) is 35.1 Å². The Morgan fingerprint density at radius 2 is 1.87 bits per heavy atom. The third-order valence-electron chi connectivity index (χ3n) is 4.47. The number of fused-ring (bicyclic) bond motifs is 5. The molecule has 112 valence electrons. The van der Waals surface area contributed by atoms with Gasteiger partial charge in [-0.25, -0.2) is 9.97 Å². The molecule has 0 saturated heterocycles. The Labute approximate surface area is 133 Å². The average Bonchev–Trinajstić information content (AvgIpc) is 3.09. The number of rotatable bonds is 1. The SMILES string of the molecule is Cc1ccc2c(n1)n(-c1ccccc1)c1nc3c(n21)CCC=C3. The zero-order valence-electron chi connectivity index (χ0n) is 12.9. The van der Waals surface area contributed by atoms with E-state index >= 15 is 0 Å². The van der Waals surface area contributed by atoms with Crippen molar-refractivity contribution in [2.75, 3.05) is 0 Å². The molecule has 3 aromatic heterocycles. The lowest BCUT2D eigenvalue weighted by Gasteiger charge is -2.05. The predicted octanol–water partition coefficient (Wildman–Crippen LogP) is 3.94. The van der Waals surface area contributed by atoms with Crippen molar-refractivity contribution >= 4 is 23.0 Å². The van der Waals surface area contributed by atoms with E-state index in [4.69, 9.17) is 9.97 Å². The summed E-state index contributed by atoms with van der Waals surface area (Å²) in [5.41, 5.74) is 6.57. The van der Waals surface area contributed by atoms with E-state index < -0.39 is 0 Å². The van der Waals surface area contributed by atoms with Gasteiger partial charge in [0.2, 0.25) is 5.78 Å². The number of benzene rings is 1. The van der Waals surface area contributed by atoms with Crippen LogP contribution in [0.4, 0.5) is 0 Å². The highest BCUT2D eigenvalue weighted by Crippen LogP contribution is 2.29. The minimum atomic E-state index is 0.945. The van der Waals surface area contributed by atoms with Gasteiger partial charge in [-0.05, 0) is 50.1 Å². The molecule has 0 aliphatic heterocycles. The Morgan fingerprint density at radius 3 is 2.74 bits per heavy atom. The maximum absolute atomic E-state index is 4.90. The third-order valence-corrected chi connectivity index (χ3v) is 4.47. The molecule has 0 N–H and O–H groups in total. The van der Waals surface area contributed by atoms with Gasteiger partial charge < -0.3 is 0 Å². The molecule has 3 heterocycles. The zero-order chi connectivity index (χ0) is 15.4. The minimum absolute atomic E-state index is 0.945. The standard InChI is InChI=1S/C19H16N4/c1-13-11-12-17-18(20-13)22(14-7-3-2-4-8-14)19-21-15-9-5-6-10-16(15)23(17)19/h2-5,7-9,11-12H,6,10H2,1H3. The Bertz CT molecular complexity index is 1070. The van der Waals surface area contributed by atoms with Gasteiger partial charge in [0.05, 0.1) is 22.6 Å². The van der Waals surface area contributed by atoms with Crippen molar-refractivity contribution in [3.63, 3.8) is 0 Å². The number of allylic oxidation sites excluding steroid dienone is 1. The summed E-state index contributed by atoms with van der Waals surface area (Å²) in [7, 11) is 0. The molecule has 0 bridgehead atoms. The number of nitrogens with zero attached hydrogens (tertiary/aromatic N) is 4. The lowest BCUT2D eigenvalue weighted by molar-refractivity contribution is 0.920. The van der Waals surface area contributed by atoms with Crippen LogP contribution in [0.3, 0.4) is 0 Å². The molecule has 0 saturated carbocycles. The van der Waals surface area contributed by atoms with Crippen LogP contribution in [-0.2, 0) is 6.42 Å². The van der Waals surface area contributed by atoms with Gasteiger partial charge >= 0.3 is 0 Å². The van der Waals surface area contributed by atoms with Crippen LogP contribution in [0, 0.1) is 6.92 Å². The smallest absolute Gasteiger partial charge is 0.221 e. The van der Waals surface area contributed by atoms with E-state index in [1.807, 2.05) is 13.0 Å². The maximum atomic E-state index is 4.90. The summed E-state index contributed by atoms with van der Waals surface area (Å²) in [5, 5.41) is 0. The molecule has 0 atom stereocenters. The van der Waals surface area contributed by atoms with Crippen LogP contribution in [0.2, 0.25) is 0 Å². The van der Waals surface area contributed by atoms with Crippen LogP contribution in [0.1, 0.15) is 23.5 Å². The van der Waals surface area contributed by atoms with Crippen LogP contribution in [0.25, 0.3) is 28.7 Å². The summed E-state index contributed by atoms with van der Waals surface area (Å²) in [5.74, 6) is 0.945. The molecular weight excluding hydrogens is 284 g/mol. The van der Waals surface area contributed by atoms with E-state index in [9.17, 15) is 0 Å². The van der Waals surface area contributed by atoms with Crippen molar-refractivity contribution in [1.82, 2.24) is 18.9 Å². The molecule has 1 aliphatic rings. The van der Waals surface area contributed by atoms with Gasteiger partial charge in [0.25, 0.3) is 0 Å². The number of aryl methyl sites for hydroxylation is 2. The van der Waals surface area contributed by atoms with Gasteiger partial charge in [-0.15, -0.1) is 0 Å². The van der Waals surface area contributed by atoms with Crippen LogP contribution >= 0.6 is 0 Å². The highest BCUT2D eigenvalue weighted by atomic mass is 15.2. The quantitative estimate of drug-likeness (QED) is 0.533. The molecule has 4 aromatic rings. The Kier molecular flexibility index (Phi) is 2.50. The third kappa shape index (κ3) is 1.72. The first-order valence-corrected chi connectivity index (χ1v) is 7.94. The molecule has 23 heavy (non-hydrogen) atoms. The number of hydrogen-bond donors (Lipinski definition) is 0. The first kappa shape index (κ1) is 12.6. The van der Waals surface area contributed by atoms with Crippen molar-refractivity contribution < 1.29 is 0 Å². The van der Waals surface area contributed by atoms with Gasteiger partial charge in [-0.2, -0.15) is 0 Å². The van der Waals surface area contributed by atoms with E-state index in [-0.39, 0.29) is 0 Å². The molecule has 4 nitrogen and oxygen atoms in total. The fraction of sp³-hybridized carbons (Fsp3) is 0.158. The maximum Gasteiger partial charge on any atom is 0.221 e. The van der Waals surface area contributed by atoms with E-state index in [0.717, 1.165) is 46.9 Å². The number of para-hydroxylation sites is 1. The Hall–Kier alpha value is -2.88. The second-order valence-corrected chi connectivity index (χ2v) is 5.99. The molecule has 4 heteroatoms. The van der Waals surface area contributed by atoms with Crippen molar-refractivity contribution in [3.8, 4) is 5.69 Å². The van der Waals surface area contributed by atoms with Crippen LogP contribution in [-0.4, -0.2) is 18.9 Å². The van der Waals surface area contributed by atoms with Gasteiger partial charge in [-0.3, -0.25) is 8.97 Å². The normalized spacial score (nSPS) is 13.8. The summed E-state index contributed by atoms with van der Waals surface area (Å²) in [4.78, 5) is 9.69. The molecule has 0 fully saturated rings. The molecule has 0 spiro atoms. The van der Waals surface area contributed by atoms with Crippen molar-refractivity contribution in [1.29, 1.82) is 0 Å². The largest absolute Gasteiger partial charge is 0.278 e. The molecule has 1 aliphatic carbocycles. The van der Waals surface area contributed by atoms with Gasteiger partial charge in [-0.1, -0.05) is 24.3 Å². The van der Waals surface area contributed by atoms with Gasteiger partial charge in [0, 0.05) is 5.69 Å². The zero-order valence-corrected chi connectivity index (χ0v) is 12.9. The summed E-state index contributed by atoms with van der Waals surface area (Å²) in [6.07, 6.45) is 6.42. The fourth-order valence-electron chi connectivity index (χ4n) is 3.43. The number of pyridine rings is 1.